The molecule has 2 fully saturated rings. The third-order valence-electron chi connectivity index (χ3n) is 11.7. The lowest BCUT2D eigenvalue weighted by Crippen LogP contribution is -2.47. The van der Waals surface area contributed by atoms with E-state index < -0.39 is 21.6 Å². The second kappa shape index (κ2) is 17.4. The number of fused-ring (bicyclic) bond motifs is 1. The van der Waals surface area contributed by atoms with Gasteiger partial charge in [-0.05, 0) is 78.3 Å². The molecular weight excluding hydrogens is 844 g/mol. The molecule has 0 unspecified atom stereocenters. The average Bonchev–Trinajstić information content (AvgIpc) is 3.62. The van der Waals surface area contributed by atoms with Crippen LogP contribution in [0.5, 0.6) is 17.4 Å². The number of hydrogen-bond acceptors (Lipinski definition) is 11. The smallest absolute Gasteiger partial charge is 0.268 e. The molecule has 0 atom stereocenters. The number of amides is 1. The number of H-pyrrole nitrogens is 1. The Morgan fingerprint density at radius 2 is 1.75 bits per heavy atom. The van der Waals surface area contributed by atoms with E-state index in [1.54, 1.807) is 36.4 Å². The average molecular weight is 893 g/mol. The van der Waals surface area contributed by atoms with Gasteiger partial charge in [-0.2, -0.15) is 5.10 Å². The van der Waals surface area contributed by atoms with Crippen molar-refractivity contribution in [2.75, 3.05) is 63.2 Å². The van der Waals surface area contributed by atoms with Crippen molar-refractivity contribution in [2.24, 2.45) is 5.41 Å². The number of carbonyl (C=O) groups is 1. The third-order valence-corrected chi connectivity index (χ3v) is 13.5. The van der Waals surface area contributed by atoms with Crippen molar-refractivity contribution in [3.05, 3.63) is 99.7 Å². The number of aromatic nitrogens is 3. The third kappa shape index (κ3) is 9.76. The van der Waals surface area contributed by atoms with Gasteiger partial charge >= 0.3 is 0 Å². The number of alkyl halides is 1. The van der Waals surface area contributed by atoms with Gasteiger partial charge in [-0.3, -0.25) is 14.8 Å². The normalized spacial score (nSPS) is 18.3. The Morgan fingerprint density at radius 3 is 2.49 bits per heavy atom. The van der Waals surface area contributed by atoms with E-state index in [0.717, 1.165) is 61.9 Å². The van der Waals surface area contributed by atoms with Crippen LogP contribution in [-0.4, -0.2) is 92.6 Å². The second-order valence-corrected chi connectivity index (χ2v) is 19.2. The lowest BCUT2D eigenvalue weighted by atomic mass is 9.72. The predicted octanol–water partition coefficient (Wildman–Crippen LogP) is 8.44. The topological polar surface area (TPSA) is 165 Å². The number of carbonyl (C=O) groups excluding carboxylic acids is 1. The molecule has 2 aromatic heterocycles. The van der Waals surface area contributed by atoms with Gasteiger partial charge in [0.05, 0.1) is 22.7 Å². The highest BCUT2D eigenvalue weighted by Crippen LogP contribution is 2.44. The Balaban J connectivity index is 1.01. The molecule has 0 radical (unpaired) electrons. The minimum Gasteiger partial charge on any atom is -0.473 e. The number of anilines is 2. The SMILES string of the molecule is CC1(C)CCC(CN2CCN(c3ccc(C(=O)NS(=O)(=O)c4cnc(OCC5(F)CCOCC5)c(Cl)c4)c(Oc4cccc5[nH]nc(N)c45)c3)CC2)=C(c2ccc(Cl)cc2)C1. The highest BCUT2D eigenvalue weighted by molar-refractivity contribution is 7.90. The van der Waals surface area contributed by atoms with E-state index in [2.05, 4.69) is 55.7 Å². The summed E-state index contributed by atoms with van der Waals surface area (Å²) in [5.41, 5.74) is 10.3. The largest absolute Gasteiger partial charge is 0.473 e. The van der Waals surface area contributed by atoms with E-state index in [1.807, 2.05) is 12.1 Å². The molecule has 1 amide bonds. The number of nitrogens with one attached hydrogen (secondary N) is 2. The molecule has 0 saturated carbocycles. The van der Waals surface area contributed by atoms with Crippen molar-refractivity contribution in [1.82, 2.24) is 24.8 Å². The van der Waals surface area contributed by atoms with Crippen LogP contribution in [0, 0.1) is 5.41 Å². The van der Waals surface area contributed by atoms with Crippen molar-refractivity contribution in [2.45, 2.75) is 56.5 Å². The fraction of sp³-hybridized carbons (Fsp3) is 0.386. The standard InChI is InChI=1S/C44H48Cl2FN7O6S/c1-43(2)13-12-29(34(24-43)28-6-8-30(45)9-7-28)26-53-16-18-54(19-17-53)31-10-11-33(38(22-31)60-37-5-3-4-36-39(37)40(48)51-50-36)41(55)52-61(56,57)32-23-35(46)42(49-25-32)59-27-44(47)14-20-58-21-15-44/h3-11,22-23,25H,12-21,24,26-27H2,1-2H3,(H,52,55)(H3,48,50,51). The zero-order chi connectivity index (χ0) is 42.9. The Hall–Kier alpha value is -4.93. The molecule has 322 valence electrons. The van der Waals surface area contributed by atoms with E-state index >= 15 is 4.39 Å². The molecule has 3 aromatic carbocycles. The van der Waals surface area contributed by atoms with Crippen molar-refractivity contribution < 1.29 is 31.8 Å². The summed E-state index contributed by atoms with van der Waals surface area (Å²) >= 11 is 12.6. The molecule has 4 heterocycles. The summed E-state index contributed by atoms with van der Waals surface area (Å²) in [7, 11) is -4.50. The minimum absolute atomic E-state index is 0.0457. The highest BCUT2D eigenvalue weighted by Gasteiger charge is 2.34. The number of nitrogens with two attached hydrogens (primary N) is 1. The number of aromatic amines is 1. The molecule has 3 aliphatic rings. The second-order valence-electron chi connectivity index (χ2n) is 16.7. The summed E-state index contributed by atoms with van der Waals surface area (Å²) in [4.78, 5) is 22.3. The number of rotatable bonds is 12. The number of nitrogen functional groups attached to an aromatic ring is 1. The summed E-state index contributed by atoms with van der Waals surface area (Å²) < 4.78 is 61.6. The molecule has 17 heteroatoms. The van der Waals surface area contributed by atoms with Crippen LogP contribution in [-0.2, 0) is 14.8 Å². The van der Waals surface area contributed by atoms with Gasteiger partial charge in [-0.15, -0.1) is 0 Å². The first-order valence-electron chi connectivity index (χ1n) is 20.3. The molecule has 0 spiro atoms. The number of pyridine rings is 1. The van der Waals surface area contributed by atoms with Crippen molar-refractivity contribution >= 4 is 67.1 Å². The first-order valence-corrected chi connectivity index (χ1v) is 22.5. The van der Waals surface area contributed by atoms with Gasteiger partial charge in [0, 0.05) is 75.6 Å². The van der Waals surface area contributed by atoms with Gasteiger partial charge in [0.1, 0.15) is 33.7 Å². The molecule has 1 aliphatic carbocycles. The van der Waals surface area contributed by atoms with Gasteiger partial charge in [0.2, 0.25) is 5.88 Å². The van der Waals surface area contributed by atoms with E-state index in [4.69, 9.17) is 43.1 Å². The number of hydrogen-bond donors (Lipinski definition) is 3. The van der Waals surface area contributed by atoms with Crippen LogP contribution in [0.2, 0.25) is 10.0 Å². The lowest BCUT2D eigenvalue weighted by Gasteiger charge is -2.39. The Kier molecular flexibility index (Phi) is 12.2. The first-order chi connectivity index (χ1) is 29.2. The highest BCUT2D eigenvalue weighted by atomic mass is 35.5. The predicted molar refractivity (Wildman–Crippen MR) is 235 cm³/mol. The molecule has 5 aromatic rings. The summed E-state index contributed by atoms with van der Waals surface area (Å²) in [5, 5.41) is 8.05. The zero-order valence-corrected chi connectivity index (χ0v) is 36.3. The van der Waals surface area contributed by atoms with Gasteiger partial charge in [0.15, 0.2) is 5.82 Å². The number of benzene rings is 3. The van der Waals surface area contributed by atoms with E-state index in [-0.39, 0.29) is 71.0 Å². The molecule has 8 rings (SSSR count). The molecule has 4 N–H and O–H groups in total. The lowest BCUT2D eigenvalue weighted by molar-refractivity contribution is -0.0331. The van der Waals surface area contributed by atoms with Crippen LogP contribution >= 0.6 is 23.2 Å². The van der Waals surface area contributed by atoms with E-state index in [1.165, 1.54) is 16.7 Å². The zero-order valence-electron chi connectivity index (χ0n) is 34.0. The number of sulfonamides is 1. The molecular formula is C44H48Cl2FN7O6S. The molecule has 13 nitrogen and oxygen atoms in total. The summed E-state index contributed by atoms with van der Waals surface area (Å²) in [6.07, 6.45) is 4.49. The van der Waals surface area contributed by atoms with Crippen molar-refractivity contribution in [3.63, 3.8) is 0 Å². The summed E-state index contributed by atoms with van der Waals surface area (Å²) in [6, 6.07) is 19.6. The van der Waals surface area contributed by atoms with Gasteiger partial charge in [-0.1, -0.05) is 60.8 Å². The van der Waals surface area contributed by atoms with Crippen LogP contribution in [0.4, 0.5) is 15.9 Å². The van der Waals surface area contributed by atoms with Crippen LogP contribution in [0.15, 0.2) is 83.4 Å². The Labute approximate surface area is 364 Å². The van der Waals surface area contributed by atoms with Gasteiger partial charge < -0.3 is 24.8 Å². The molecule has 2 aliphatic heterocycles. The number of piperazine rings is 1. The van der Waals surface area contributed by atoms with Gasteiger partial charge in [0.25, 0.3) is 15.9 Å². The van der Waals surface area contributed by atoms with Crippen LogP contribution in [0.1, 0.15) is 61.9 Å². The summed E-state index contributed by atoms with van der Waals surface area (Å²) in [6.45, 7) is 8.81. The number of nitrogens with zero attached hydrogens (tertiary/aromatic N) is 4. The molecule has 2 saturated heterocycles. The number of ether oxygens (including phenoxy) is 3. The van der Waals surface area contributed by atoms with E-state index in [0.29, 0.717) is 29.7 Å². The van der Waals surface area contributed by atoms with Crippen LogP contribution in [0.3, 0.4) is 0 Å². The maximum absolute atomic E-state index is 15.1. The first kappa shape index (κ1) is 42.7. The minimum atomic E-state index is -4.50. The van der Waals surface area contributed by atoms with Crippen molar-refractivity contribution in [1.29, 1.82) is 0 Å². The maximum Gasteiger partial charge on any atom is 0.268 e. The van der Waals surface area contributed by atoms with Gasteiger partial charge in [-0.25, -0.2) is 22.5 Å². The van der Waals surface area contributed by atoms with E-state index in [9.17, 15) is 13.2 Å². The fourth-order valence-electron chi connectivity index (χ4n) is 8.12. The maximum atomic E-state index is 15.1. The molecule has 0 bridgehead atoms. The fourth-order valence-corrected chi connectivity index (χ4v) is 9.47. The van der Waals surface area contributed by atoms with Crippen LogP contribution in [0.25, 0.3) is 16.5 Å². The monoisotopic (exact) mass is 891 g/mol. The Morgan fingerprint density at radius 1 is 1.00 bits per heavy atom. The Bertz CT molecular complexity index is 2570. The van der Waals surface area contributed by atoms with Crippen molar-refractivity contribution in [3.8, 4) is 17.4 Å². The number of halogens is 3. The molecule has 61 heavy (non-hydrogen) atoms. The summed E-state index contributed by atoms with van der Waals surface area (Å²) in [5.74, 6) is -0.446. The van der Waals surface area contributed by atoms with Crippen LogP contribution < -0.4 is 24.8 Å². The quantitative estimate of drug-likeness (QED) is 0.110. The number of allylic oxidation sites excluding steroid dienone is 1.